The molecule has 0 aromatic heterocycles. The lowest BCUT2D eigenvalue weighted by molar-refractivity contribution is -0.140. The molecular formula is C36H49N5O5. The van der Waals surface area contributed by atoms with E-state index >= 15 is 0 Å². The molecule has 2 amide bonds. The molecular weight excluding hydrogens is 582 g/mol. The molecule has 0 aliphatic carbocycles. The number of benzene rings is 2. The maximum atomic E-state index is 14.5. The Morgan fingerprint density at radius 2 is 1.67 bits per heavy atom. The minimum atomic E-state index is -1.27. The molecule has 2 saturated heterocycles. The zero-order valence-electron chi connectivity index (χ0n) is 27.7. The molecule has 3 N–H and O–H groups in total. The highest BCUT2D eigenvalue weighted by Crippen LogP contribution is 2.37. The number of amides is 2. The second kappa shape index (κ2) is 15.2. The van der Waals surface area contributed by atoms with Crippen LogP contribution < -0.4 is 10.6 Å². The van der Waals surface area contributed by atoms with Crippen LogP contribution in [-0.2, 0) is 14.3 Å². The molecule has 10 heteroatoms. The van der Waals surface area contributed by atoms with Crippen molar-refractivity contribution >= 4 is 18.3 Å². The van der Waals surface area contributed by atoms with E-state index in [1.54, 1.807) is 20.8 Å². The average molecular weight is 632 g/mol. The van der Waals surface area contributed by atoms with Crippen molar-refractivity contribution in [2.75, 3.05) is 13.6 Å². The van der Waals surface area contributed by atoms with Crippen LogP contribution in [0.15, 0.2) is 60.7 Å². The number of aldehydes is 1. The van der Waals surface area contributed by atoms with E-state index in [2.05, 4.69) is 16.7 Å². The first-order chi connectivity index (χ1) is 21.9. The van der Waals surface area contributed by atoms with Gasteiger partial charge in [0, 0.05) is 26.1 Å². The molecule has 2 aliphatic heterocycles. The minimum absolute atomic E-state index is 0.00907. The van der Waals surface area contributed by atoms with Crippen LogP contribution in [0.3, 0.4) is 0 Å². The van der Waals surface area contributed by atoms with Gasteiger partial charge in [-0.3, -0.25) is 15.0 Å². The number of nitrogens with one attached hydrogen (secondary N) is 2. The Balaban J connectivity index is 1.58. The molecule has 2 fully saturated rings. The van der Waals surface area contributed by atoms with E-state index in [4.69, 9.17) is 4.74 Å². The zero-order valence-corrected chi connectivity index (χ0v) is 27.7. The number of carbonyl (C=O) groups excluding carboxylic acids is 3. The predicted octanol–water partition coefficient (Wildman–Crippen LogP) is 4.54. The highest BCUT2D eigenvalue weighted by atomic mass is 16.6. The summed E-state index contributed by atoms with van der Waals surface area (Å²) in [4.78, 5) is 43.1. The van der Waals surface area contributed by atoms with Gasteiger partial charge in [-0.1, -0.05) is 67.6 Å². The van der Waals surface area contributed by atoms with Gasteiger partial charge in [-0.15, -0.1) is 0 Å². The Hall–Kier alpha value is -3.78. The zero-order chi connectivity index (χ0) is 33.5. The van der Waals surface area contributed by atoms with E-state index < -0.39 is 35.5 Å². The van der Waals surface area contributed by atoms with E-state index in [0.717, 1.165) is 23.8 Å². The minimum Gasteiger partial charge on any atom is -0.444 e. The number of likely N-dealkylation sites (N-methyl/N-ethyl adjacent to an activating group) is 1. The van der Waals surface area contributed by atoms with Crippen LogP contribution in [0.1, 0.15) is 83.4 Å². The molecule has 2 aromatic carbocycles. The predicted molar refractivity (Wildman–Crippen MR) is 175 cm³/mol. The molecule has 248 valence electrons. The lowest BCUT2D eigenvalue weighted by atomic mass is 9.89. The Bertz CT molecular complexity index is 1320. The van der Waals surface area contributed by atoms with Gasteiger partial charge in [0.2, 0.25) is 5.91 Å². The Kier molecular flexibility index (Phi) is 11.6. The van der Waals surface area contributed by atoms with Gasteiger partial charge in [0.05, 0.1) is 24.2 Å². The maximum absolute atomic E-state index is 14.5. The molecule has 2 aromatic rings. The number of rotatable bonds is 12. The summed E-state index contributed by atoms with van der Waals surface area (Å²) in [6.07, 6.45) is 2.27. The highest BCUT2D eigenvalue weighted by Gasteiger charge is 2.48. The standard InChI is InChI=1S/C36H49N5O5/c1-6-36(24-42,40(5)34(45)46-35(2,3)4)23-38-31-27(21-22-37)17-18-28-19-20-29(41(28)33(31)44)32(43)39-30(25-13-9-7-10-14-25)26-15-11-8-12-16-26/h7-16,24,27-32,38-39,43H,6,17-21,23H2,1-5H3/t27?,28?,29-,31-,32?,36+/m0/s1. The number of hydrogen-bond donors (Lipinski definition) is 3. The van der Waals surface area contributed by atoms with E-state index in [1.807, 2.05) is 72.5 Å². The van der Waals surface area contributed by atoms with Crippen molar-refractivity contribution in [2.24, 2.45) is 5.92 Å². The van der Waals surface area contributed by atoms with Crippen molar-refractivity contribution in [1.29, 1.82) is 5.26 Å². The third-order valence-corrected chi connectivity index (χ3v) is 9.53. The first-order valence-corrected chi connectivity index (χ1v) is 16.3. The van der Waals surface area contributed by atoms with Crippen molar-refractivity contribution in [2.45, 2.75) is 108 Å². The third kappa shape index (κ3) is 7.95. The Labute approximate surface area is 273 Å². The van der Waals surface area contributed by atoms with E-state index in [0.29, 0.717) is 25.7 Å². The van der Waals surface area contributed by atoms with E-state index in [9.17, 15) is 24.8 Å². The number of aliphatic hydroxyl groups is 1. The third-order valence-electron chi connectivity index (χ3n) is 9.53. The summed E-state index contributed by atoms with van der Waals surface area (Å²) in [5.41, 5.74) is -0.0189. The van der Waals surface area contributed by atoms with E-state index in [-0.39, 0.29) is 36.9 Å². The molecule has 2 heterocycles. The molecule has 0 saturated carbocycles. The van der Waals surface area contributed by atoms with Gasteiger partial charge >= 0.3 is 6.09 Å². The van der Waals surface area contributed by atoms with Crippen LogP contribution in [0.2, 0.25) is 0 Å². The summed E-state index contributed by atoms with van der Waals surface area (Å²) in [7, 11) is 1.53. The number of hydrogen-bond acceptors (Lipinski definition) is 8. The molecule has 3 unspecified atom stereocenters. The highest BCUT2D eigenvalue weighted by molar-refractivity contribution is 5.84. The van der Waals surface area contributed by atoms with Crippen LogP contribution >= 0.6 is 0 Å². The van der Waals surface area contributed by atoms with Crippen molar-refractivity contribution < 1.29 is 24.2 Å². The quantitative estimate of drug-likeness (QED) is 0.230. The largest absolute Gasteiger partial charge is 0.444 e. The van der Waals surface area contributed by atoms with Crippen LogP contribution in [0.5, 0.6) is 0 Å². The summed E-state index contributed by atoms with van der Waals surface area (Å²) >= 11 is 0. The van der Waals surface area contributed by atoms with Crippen molar-refractivity contribution in [3.8, 4) is 6.07 Å². The number of fused-ring (bicyclic) bond motifs is 1. The van der Waals surface area contributed by atoms with Gasteiger partial charge in [-0.2, -0.15) is 5.26 Å². The van der Waals surface area contributed by atoms with Crippen LogP contribution in [-0.4, -0.2) is 82.3 Å². The number of aliphatic hydroxyl groups excluding tert-OH is 1. The lowest BCUT2D eigenvalue weighted by Gasteiger charge is -2.40. The Morgan fingerprint density at radius 1 is 1.09 bits per heavy atom. The molecule has 6 atom stereocenters. The molecule has 46 heavy (non-hydrogen) atoms. The van der Waals surface area contributed by atoms with Crippen molar-refractivity contribution in [3.05, 3.63) is 71.8 Å². The second-order valence-electron chi connectivity index (χ2n) is 13.6. The van der Waals surface area contributed by atoms with Gasteiger partial charge in [0.15, 0.2) is 0 Å². The fourth-order valence-electron chi connectivity index (χ4n) is 6.82. The van der Waals surface area contributed by atoms with Crippen molar-refractivity contribution in [3.63, 3.8) is 0 Å². The lowest BCUT2D eigenvalue weighted by Crippen LogP contribution is -2.62. The first-order valence-electron chi connectivity index (χ1n) is 16.3. The smallest absolute Gasteiger partial charge is 0.410 e. The normalized spacial score (nSPS) is 23.5. The second-order valence-corrected chi connectivity index (χ2v) is 13.6. The number of nitriles is 1. The van der Waals surface area contributed by atoms with Gasteiger partial charge < -0.3 is 24.9 Å². The van der Waals surface area contributed by atoms with Crippen LogP contribution in [0, 0.1) is 17.2 Å². The summed E-state index contributed by atoms with van der Waals surface area (Å²) < 4.78 is 5.54. The van der Waals surface area contributed by atoms with Gasteiger partial charge in [0.25, 0.3) is 0 Å². The van der Waals surface area contributed by atoms with E-state index in [1.165, 1.54) is 11.9 Å². The fourth-order valence-corrected chi connectivity index (χ4v) is 6.82. The molecule has 0 bridgehead atoms. The first kappa shape index (κ1) is 35.1. The number of nitrogens with zero attached hydrogens (tertiary/aromatic N) is 3. The van der Waals surface area contributed by atoms with Gasteiger partial charge in [-0.25, -0.2) is 4.79 Å². The SMILES string of the molecule is CC[C@](C=O)(CN[C@@H]1C(=O)N2C(CCC1CC#N)CC[C@H]2C(O)NC(c1ccccc1)c1ccccc1)N(C)C(=O)OC(C)(C)C. The summed E-state index contributed by atoms with van der Waals surface area (Å²) in [6, 6.07) is 20.4. The monoisotopic (exact) mass is 631 g/mol. The molecule has 4 rings (SSSR count). The summed E-state index contributed by atoms with van der Waals surface area (Å²) in [5.74, 6) is -0.485. The van der Waals surface area contributed by atoms with Crippen molar-refractivity contribution in [1.82, 2.24) is 20.4 Å². The molecule has 0 radical (unpaired) electrons. The van der Waals surface area contributed by atoms with Gasteiger partial charge in [0.1, 0.15) is 23.7 Å². The average Bonchev–Trinajstić information content (AvgIpc) is 3.43. The summed E-state index contributed by atoms with van der Waals surface area (Å²) in [6.45, 7) is 7.10. The number of carbonyl (C=O) groups is 3. The Morgan fingerprint density at radius 3 is 2.20 bits per heavy atom. The summed E-state index contributed by atoms with van der Waals surface area (Å²) in [5, 5.41) is 28.2. The molecule has 0 spiro atoms. The fraction of sp³-hybridized carbons (Fsp3) is 0.556. The molecule has 10 nitrogen and oxygen atoms in total. The molecule has 2 aliphatic rings. The number of ether oxygens (including phenoxy) is 1. The maximum Gasteiger partial charge on any atom is 0.410 e. The topological polar surface area (TPSA) is 135 Å². The van der Waals surface area contributed by atoms with Crippen LogP contribution in [0.25, 0.3) is 0 Å². The van der Waals surface area contributed by atoms with Gasteiger partial charge in [-0.05, 0) is 69.9 Å². The van der Waals surface area contributed by atoms with Crippen LogP contribution in [0.4, 0.5) is 4.79 Å².